The molecule has 0 amide bonds. The minimum Gasteiger partial charge on any atom is -0.319 e. The summed E-state index contributed by atoms with van der Waals surface area (Å²) in [5.41, 5.74) is 1.24. The van der Waals surface area contributed by atoms with E-state index < -0.39 is 9.84 Å². The summed E-state index contributed by atoms with van der Waals surface area (Å²) in [6.07, 6.45) is 1.52. The molecule has 19 heavy (non-hydrogen) atoms. The summed E-state index contributed by atoms with van der Waals surface area (Å²) in [7, 11) is -0.862. The number of rotatable bonds is 4. The van der Waals surface area contributed by atoms with E-state index in [9.17, 15) is 8.42 Å². The number of sulfone groups is 1. The highest BCUT2D eigenvalue weighted by Gasteiger charge is 2.29. The SMILES string of the molecule is CNCC(c1ccc(Cl)cc1)C1CCS(=O)(=O)CC1. The molecule has 1 atom stereocenters. The molecule has 1 fully saturated rings. The van der Waals surface area contributed by atoms with Gasteiger partial charge in [-0.2, -0.15) is 0 Å². The largest absolute Gasteiger partial charge is 0.319 e. The Hall–Kier alpha value is -0.580. The monoisotopic (exact) mass is 301 g/mol. The van der Waals surface area contributed by atoms with Gasteiger partial charge < -0.3 is 5.32 Å². The molecule has 1 saturated heterocycles. The molecule has 0 aromatic heterocycles. The Morgan fingerprint density at radius 1 is 1.26 bits per heavy atom. The number of benzene rings is 1. The van der Waals surface area contributed by atoms with Crippen LogP contribution in [0.3, 0.4) is 0 Å². The van der Waals surface area contributed by atoms with Gasteiger partial charge in [-0.3, -0.25) is 0 Å². The second-order valence-corrected chi connectivity index (χ2v) is 7.95. The average molecular weight is 302 g/mol. The maximum Gasteiger partial charge on any atom is 0.150 e. The fraction of sp³-hybridized carbons (Fsp3) is 0.571. The van der Waals surface area contributed by atoms with E-state index in [1.54, 1.807) is 0 Å². The minimum atomic E-state index is -2.79. The second-order valence-electron chi connectivity index (χ2n) is 5.20. The van der Waals surface area contributed by atoms with E-state index >= 15 is 0 Å². The predicted molar refractivity (Wildman–Crippen MR) is 79.5 cm³/mol. The van der Waals surface area contributed by atoms with Crippen molar-refractivity contribution in [3.63, 3.8) is 0 Å². The topological polar surface area (TPSA) is 46.2 Å². The van der Waals surface area contributed by atoms with Gasteiger partial charge in [0.1, 0.15) is 9.84 Å². The second kappa shape index (κ2) is 6.25. The number of likely N-dealkylation sites (N-methyl/N-ethyl adjacent to an activating group) is 1. The lowest BCUT2D eigenvalue weighted by Gasteiger charge is -2.30. The first kappa shape index (κ1) is 14.8. The maximum atomic E-state index is 11.5. The van der Waals surface area contributed by atoms with Crippen molar-refractivity contribution >= 4 is 21.4 Å². The van der Waals surface area contributed by atoms with Crippen LogP contribution in [0.25, 0.3) is 0 Å². The normalized spacial score (nSPS) is 21.2. The molecule has 5 heteroatoms. The summed E-state index contributed by atoms with van der Waals surface area (Å²) in [4.78, 5) is 0. The number of nitrogens with one attached hydrogen (secondary N) is 1. The first-order valence-electron chi connectivity index (χ1n) is 6.62. The Morgan fingerprint density at radius 2 is 1.84 bits per heavy atom. The average Bonchev–Trinajstić information content (AvgIpc) is 2.38. The summed E-state index contributed by atoms with van der Waals surface area (Å²) in [6.45, 7) is 0.867. The van der Waals surface area contributed by atoms with Gasteiger partial charge in [-0.1, -0.05) is 23.7 Å². The fourth-order valence-corrected chi connectivity index (χ4v) is 4.45. The first-order valence-corrected chi connectivity index (χ1v) is 8.82. The molecule has 1 heterocycles. The molecule has 1 aliphatic rings. The van der Waals surface area contributed by atoms with Gasteiger partial charge in [0.05, 0.1) is 11.5 Å². The molecule has 3 nitrogen and oxygen atoms in total. The van der Waals surface area contributed by atoms with E-state index in [4.69, 9.17) is 11.6 Å². The molecule has 1 aromatic carbocycles. The summed E-state index contributed by atoms with van der Waals surface area (Å²) in [6, 6.07) is 7.90. The molecule has 0 aliphatic carbocycles. The van der Waals surface area contributed by atoms with Crippen molar-refractivity contribution in [3.05, 3.63) is 34.9 Å². The van der Waals surface area contributed by atoms with Crippen molar-refractivity contribution < 1.29 is 8.42 Å². The smallest absolute Gasteiger partial charge is 0.150 e. The Balaban J connectivity index is 2.14. The van der Waals surface area contributed by atoms with E-state index in [1.165, 1.54) is 5.56 Å². The van der Waals surface area contributed by atoms with Crippen molar-refractivity contribution in [2.75, 3.05) is 25.1 Å². The Kier molecular flexibility index (Phi) is 4.87. The van der Waals surface area contributed by atoms with Gasteiger partial charge in [0.2, 0.25) is 0 Å². The van der Waals surface area contributed by atoms with Crippen molar-refractivity contribution in [1.29, 1.82) is 0 Å². The molecule has 0 saturated carbocycles. The lowest BCUT2D eigenvalue weighted by Crippen LogP contribution is -2.31. The van der Waals surface area contributed by atoms with Gasteiger partial charge in [0.25, 0.3) is 0 Å². The molecule has 106 valence electrons. The summed E-state index contributed by atoms with van der Waals surface area (Å²) in [5, 5.41) is 3.95. The van der Waals surface area contributed by atoms with Crippen LogP contribution in [-0.4, -0.2) is 33.5 Å². The predicted octanol–water partition coefficient (Wildman–Crippen LogP) is 2.47. The van der Waals surface area contributed by atoms with E-state index in [0.717, 1.165) is 24.4 Å². The van der Waals surface area contributed by atoms with Crippen molar-refractivity contribution in [2.24, 2.45) is 5.92 Å². The molecular weight excluding hydrogens is 282 g/mol. The van der Waals surface area contributed by atoms with E-state index in [-0.39, 0.29) is 0 Å². The standard InChI is InChI=1S/C14H20ClNO2S/c1-16-10-14(11-2-4-13(15)5-3-11)12-6-8-19(17,18)9-7-12/h2-5,12,14,16H,6-10H2,1H3. The van der Waals surface area contributed by atoms with Crippen LogP contribution in [0.5, 0.6) is 0 Å². The van der Waals surface area contributed by atoms with Crippen molar-refractivity contribution in [3.8, 4) is 0 Å². The van der Waals surface area contributed by atoms with Gasteiger partial charge >= 0.3 is 0 Å². The lowest BCUT2D eigenvalue weighted by molar-refractivity contribution is 0.376. The van der Waals surface area contributed by atoms with Crippen LogP contribution in [-0.2, 0) is 9.84 Å². The highest BCUT2D eigenvalue weighted by Crippen LogP contribution is 2.33. The van der Waals surface area contributed by atoms with Gasteiger partial charge in [0.15, 0.2) is 0 Å². The Morgan fingerprint density at radius 3 is 2.37 bits per heavy atom. The van der Waals surface area contributed by atoms with Crippen LogP contribution in [0.2, 0.25) is 5.02 Å². The zero-order chi connectivity index (χ0) is 13.9. The molecular formula is C14H20ClNO2S. The summed E-state index contributed by atoms with van der Waals surface area (Å²) >= 11 is 5.92. The van der Waals surface area contributed by atoms with Crippen molar-refractivity contribution in [2.45, 2.75) is 18.8 Å². The molecule has 0 spiro atoms. The van der Waals surface area contributed by atoms with Gasteiger partial charge in [-0.25, -0.2) is 8.42 Å². The van der Waals surface area contributed by atoms with Gasteiger partial charge in [0, 0.05) is 11.6 Å². The first-order chi connectivity index (χ1) is 9.02. The van der Waals surface area contributed by atoms with Crippen LogP contribution in [0.4, 0.5) is 0 Å². The van der Waals surface area contributed by atoms with Crippen LogP contribution >= 0.6 is 11.6 Å². The highest BCUT2D eigenvalue weighted by atomic mass is 35.5. The maximum absolute atomic E-state index is 11.5. The quantitative estimate of drug-likeness (QED) is 0.929. The van der Waals surface area contributed by atoms with Crippen molar-refractivity contribution in [1.82, 2.24) is 5.32 Å². The van der Waals surface area contributed by atoms with E-state index in [1.807, 2.05) is 31.3 Å². The van der Waals surface area contributed by atoms with Crippen LogP contribution in [0.15, 0.2) is 24.3 Å². The molecule has 1 aromatic rings. The lowest BCUT2D eigenvalue weighted by atomic mass is 9.82. The molecule has 0 radical (unpaired) electrons. The minimum absolute atomic E-state index is 0.325. The summed E-state index contributed by atoms with van der Waals surface area (Å²) < 4.78 is 23.0. The Labute approximate surface area is 120 Å². The van der Waals surface area contributed by atoms with Crippen LogP contribution in [0.1, 0.15) is 24.3 Å². The van der Waals surface area contributed by atoms with Crippen LogP contribution < -0.4 is 5.32 Å². The summed E-state index contributed by atoms with van der Waals surface area (Å²) in [5.74, 6) is 1.44. The zero-order valence-electron chi connectivity index (χ0n) is 11.1. The van der Waals surface area contributed by atoms with E-state index in [2.05, 4.69) is 5.32 Å². The highest BCUT2D eigenvalue weighted by molar-refractivity contribution is 7.91. The third kappa shape index (κ3) is 3.94. The molecule has 1 aliphatic heterocycles. The Bertz CT molecular complexity index is 499. The molecule has 2 rings (SSSR count). The third-order valence-electron chi connectivity index (χ3n) is 3.89. The zero-order valence-corrected chi connectivity index (χ0v) is 12.7. The number of hydrogen-bond donors (Lipinski definition) is 1. The van der Waals surface area contributed by atoms with Gasteiger partial charge in [-0.15, -0.1) is 0 Å². The number of halogens is 1. The third-order valence-corrected chi connectivity index (χ3v) is 5.86. The number of hydrogen-bond acceptors (Lipinski definition) is 3. The molecule has 0 bridgehead atoms. The van der Waals surface area contributed by atoms with Gasteiger partial charge in [-0.05, 0) is 49.4 Å². The van der Waals surface area contributed by atoms with Crippen LogP contribution in [0, 0.1) is 5.92 Å². The fourth-order valence-electron chi connectivity index (χ4n) is 2.80. The molecule has 1 N–H and O–H groups in total. The van der Waals surface area contributed by atoms with E-state index in [0.29, 0.717) is 23.3 Å². The molecule has 1 unspecified atom stereocenters.